The summed E-state index contributed by atoms with van der Waals surface area (Å²) in [5, 5.41) is 10.2. The molecule has 1 amide bonds. The molecular formula is C34H40F3N5O2. The molecule has 2 saturated carbocycles. The molecule has 2 heterocycles. The first-order valence-electron chi connectivity index (χ1n) is 15.5. The summed E-state index contributed by atoms with van der Waals surface area (Å²) < 4.78 is 47.0. The zero-order valence-electron chi connectivity index (χ0n) is 25.1. The van der Waals surface area contributed by atoms with Crippen LogP contribution < -0.4 is 16.0 Å². The molecule has 1 saturated heterocycles. The number of benzene rings is 2. The minimum atomic E-state index is -4.38. The third-order valence-corrected chi connectivity index (χ3v) is 9.47. The lowest BCUT2D eigenvalue weighted by molar-refractivity contribution is -0.140. The molecule has 1 aliphatic heterocycles. The maximum Gasteiger partial charge on any atom is 0.406 e. The highest BCUT2D eigenvalue weighted by Crippen LogP contribution is 2.50. The van der Waals surface area contributed by atoms with Gasteiger partial charge in [-0.25, -0.2) is 0 Å². The molecule has 0 atom stereocenters. The molecule has 3 N–H and O–H groups in total. The summed E-state index contributed by atoms with van der Waals surface area (Å²) in [5.41, 5.74) is 3.58. The largest absolute Gasteiger partial charge is 0.406 e. The van der Waals surface area contributed by atoms with E-state index in [2.05, 4.69) is 32.7 Å². The van der Waals surface area contributed by atoms with E-state index in [0.717, 1.165) is 42.4 Å². The highest BCUT2D eigenvalue weighted by atomic mass is 19.4. The van der Waals surface area contributed by atoms with Gasteiger partial charge in [0, 0.05) is 54.6 Å². The highest BCUT2D eigenvalue weighted by molar-refractivity contribution is 5.95. The van der Waals surface area contributed by atoms with Crippen LogP contribution >= 0.6 is 0 Å². The topological polar surface area (TPSA) is 70.6 Å². The van der Waals surface area contributed by atoms with Gasteiger partial charge in [0.15, 0.2) is 0 Å². The molecule has 3 aromatic rings. The Kier molecular flexibility index (Phi) is 8.79. The van der Waals surface area contributed by atoms with E-state index in [1.165, 1.54) is 44.0 Å². The minimum Gasteiger partial charge on any atom is -0.382 e. The van der Waals surface area contributed by atoms with Crippen molar-refractivity contribution in [2.45, 2.75) is 69.8 Å². The summed E-state index contributed by atoms with van der Waals surface area (Å²) >= 11 is 0. The van der Waals surface area contributed by atoms with Crippen LogP contribution in [0.5, 0.6) is 0 Å². The van der Waals surface area contributed by atoms with E-state index < -0.39 is 12.7 Å². The van der Waals surface area contributed by atoms with Crippen LogP contribution in [-0.4, -0.2) is 67.1 Å². The Labute approximate surface area is 256 Å². The van der Waals surface area contributed by atoms with E-state index in [1.54, 1.807) is 36.4 Å². The number of ether oxygens (including phenoxy) is 1. The van der Waals surface area contributed by atoms with Crippen LogP contribution in [0.25, 0.3) is 10.9 Å². The summed E-state index contributed by atoms with van der Waals surface area (Å²) in [4.78, 5) is 14.7. The first kappa shape index (κ1) is 30.4. The monoisotopic (exact) mass is 607 g/mol. The number of hydrogen-bond acceptors (Lipinski definition) is 5. The number of halogens is 3. The van der Waals surface area contributed by atoms with Crippen LogP contribution in [0.3, 0.4) is 0 Å². The van der Waals surface area contributed by atoms with Crippen molar-refractivity contribution >= 4 is 28.2 Å². The number of methoxy groups -OCH3 is 1. The van der Waals surface area contributed by atoms with Gasteiger partial charge in [-0.2, -0.15) is 13.2 Å². The number of aromatic nitrogens is 1. The van der Waals surface area contributed by atoms with E-state index in [4.69, 9.17) is 4.74 Å². The molecule has 1 aromatic heterocycles. The quantitative estimate of drug-likeness (QED) is 0.199. The maximum absolute atomic E-state index is 13.6. The fourth-order valence-corrected chi connectivity index (χ4v) is 7.00. The normalized spacial score (nSPS) is 21.2. The second kappa shape index (κ2) is 12.7. The van der Waals surface area contributed by atoms with E-state index in [9.17, 15) is 18.0 Å². The van der Waals surface area contributed by atoms with Gasteiger partial charge in [-0.05, 0) is 92.3 Å². The fraction of sp³-hybridized carbons (Fsp3) is 0.500. The molecule has 6 rings (SSSR count). The van der Waals surface area contributed by atoms with Crippen molar-refractivity contribution in [2.75, 3.05) is 44.1 Å². The van der Waals surface area contributed by atoms with E-state index in [-0.39, 0.29) is 19.2 Å². The summed E-state index contributed by atoms with van der Waals surface area (Å²) in [6, 6.07) is 15.1. The molecule has 234 valence electrons. The third-order valence-electron chi connectivity index (χ3n) is 9.47. The smallest absolute Gasteiger partial charge is 0.382 e. The SMILES string of the molecule is COCNC(=O)c1ccc(NCC#Cc2cc3c(NC4CCC(N5CC6(CCC6)C5)CC4)cccc3n2CC(F)(F)F)cc1. The molecule has 3 aliphatic rings. The zero-order valence-corrected chi connectivity index (χ0v) is 25.1. The number of anilines is 2. The van der Waals surface area contributed by atoms with Crippen LogP contribution in [0.4, 0.5) is 24.5 Å². The lowest BCUT2D eigenvalue weighted by atomic mass is 9.63. The number of nitrogens with one attached hydrogen (secondary N) is 3. The first-order valence-corrected chi connectivity index (χ1v) is 15.5. The van der Waals surface area contributed by atoms with Crippen LogP contribution in [0, 0.1) is 17.3 Å². The number of carbonyl (C=O) groups excluding carboxylic acids is 1. The first-order chi connectivity index (χ1) is 21.2. The summed E-state index contributed by atoms with van der Waals surface area (Å²) in [6.07, 6.45) is 4.24. The number of rotatable bonds is 9. The zero-order chi connectivity index (χ0) is 30.7. The molecule has 3 fully saturated rings. The van der Waals surface area contributed by atoms with Gasteiger partial charge in [-0.3, -0.25) is 9.69 Å². The van der Waals surface area contributed by atoms with Crippen molar-refractivity contribution in [3.63, 3.8) is 0 Å². The summed E-state index contributed by atoms with van der Waals surface area (Å²) in [6.45, 7) is 1.78. The lowest BCUT2D eigenvalue weighted by Crippen LogP contribution is -2.63. The van der Waals surface area contributed by atoms with Crippen LogP contribution in [-0.2, 0) is 11.3 Å². The molecule has 2 aromatic carbocycles. The predicted octanol–water partition coefficient (Wildman–Crippen LogP) is 6.21. The molecule has 0 unspecified atom stereocenters. The van der Waals surface area contributed by atoms with E-state index in [0.29, 0.717) is 34.3 Å². The molecule has 44 heavy (non-hydrogen) atoms. The molecule has 1 spiro atoms. The molecule has 0 bridgehead atoms. The van der Waals surface area contributed by atoms with Gasteiger partial charge in [-0.15, -0.1) is 0 Å². The highest BCUT2D eigenvalue weighted by Gasteiger charge is 2.49. The Morgan fingerprint density at radius 3 is 2.48 bits per heavy atom. The van der Waals surface area contributed by atoms with Crippen molar-refractivity contribution in [3.05, 3.63) is 59.8 Å². The van der Waals surface area contributed by atoms with Crippen LogP contribution in [0.2, 0.25) is 0 Å². The van der Waals surface area contributed by atoms with E-state index in [1.807, 2.05) is 12.1 Å². The van der Waals surface area contributed by atoms with Crippen molar-refractivity contribution in [1.82, 2.24) is 14.8 Å². The third kappa shape index (κ3) is 6.84. The van der Waals surface area contributed by atoms with Gasteiger partial charge >= 0.3 is 6.18 Å². The number of carbonyl (C=O) groups is 1. The molecule has 2 aliphatic carbocycles. The number of nitrogens with zero attached hydrogens (tertiary/aromatic N) is 2. The second-order valence-corrected chi connectivity index (χ2v) is 12.5. The number of hydrogen-bond donors (Lipinski definition) is 3. The average molecular weight is 608 g/mol. The number of alkyl halides is 3. The van der Waals surface area contributed by atoms with Crippen molar-refractivity contribution in [1.29, 1.82) is 0 Å². The van der Waals surface area contributed by atoms with Crippen molar-refractivity contribution in [2.24, 2.45) is 5.41 Å². The minimum absolute atomic E-state index is 0.122. The fourth-order valence-electron chi connectivity index (χ4n) is 7.00. The summed E-state index contributed by atoms with van der Waals surface area (Å²) in [5.74, 6) is 5.69. The molecule has 10 heteroatoms. The van der Waals surface area contributed by atoms with E-state index >= 15 is 0 Å². The standard InChI is InChI=1S/C34H40F3N5O2/c1-44-23-39-32(43)24-8-10-25(11-9-24)38-18-3-5-28-19-29-30(6-2-7-31(29)42(28)22-34(35,36)37)40-26-12-14-27(15-13-26)41-20-33(21-41)16-4-17-33/h2,6-11,19,26-27,38,40H,4,12-18,20-23H2,1H3,(H,39,43). The second-order valence-electron chi connectivity index (χ2n) is 12.5. The van der Waals surface area contributed by atoms with Gasteiger partial charge in [0.1, 0.15) is 13.3 Å². The van der Waals surface area contributed by atoms with Gasteiger partial charge in [0.05, 0.1) is 17.8 Å². The number of amides is 1. The Morgan fingerprint density at radius 2 is 1.82 bits per heavy atom. The Hall–Kier alpha value is -3.68. The molecule has 0 radical (unpaired) electrons. The Morgan fingerprint density at radius 1 is 1.07 bits per heavy atom. The maximum atomic E-state index is 13.6. The summed E-state index contributed by atoms with van der Waals surface area (Å²) in [7, 11) is 1.50. The lowest BCUT2D eigenvalue weighted by Gasteiger charge is -2.59. The average Bonchev–Trinajstić information content (AvgIpc) is 3.30. The van der Waals surface area contributed by atoms with Gasteiger partial charge in [0.25, 0.3) is 5.91 Å². The Balaban J connectivity index is 1.11. The van der Waals surface area contributed by atoms with Crippen molar-refractivity contribution < 1.29 is 22.7 Å². The van der Waals surface area contributed by atoms with Gasteiger partial charge in [0.2, 0.25) is 0 Å². The Bertz CT molecular complexity index is 1520. The van der Waals surface area contributed by atoms with Crippen molar-refractivity contribution in [3.8, 4) is 11.8 Å². The number of fused-ring (bicyclic) bond motifs is 1. The molecule has 7 nitrogen and oxygen atoms in total. The van der Waals surface area contributed by atoms with Crippen LogP contribution in [0.1, 0.15) is 61.0 Å². The van der Waals surface area contributed by atoms with Crippen LogP contribution in [0.15, 0.2) is 48.5 Å². The molecular weight excluding hydrogens is 567 g/mol. The van der Waals surface area contributed by atoms with Gasteiger partial charge < -0.3 is 25.3 Å². The number of likely N-dealkylation sites (tertiary alicyclic amines) is 1. The predicted molar refractivity (Wildman–Crippen MR) is 167 cm³/mol. The van der Waals surface area contributed by atoms with Gasteiger partial charge in [-0.1, -0.05) is 18.4 Å².